The lowest BCUT2D eigenvalue weighted by Gasteiger charge is -2.15. The van der Waals surface area contributed by atoms with Gasteiger partial charge in [-0.3, -0.25) is 14.5 Å². The van der Waals surface area contributed by atoms with Crippen molar-refractivity contribution < 1.29 is 9.59 Å². The lowest BCUT2D eigenvalue weighted by Crippen LogP contribution is -2.41. The maximum Gasteiger partial charge on any atom is 0.234 e. The number of carbonyl (C=O) groups is 2. The first kappa shape index (κ1) is 15.5. The summed E-state index contributed by atoms with van der Waals surface area (Å²) >= 11 is 0. The fourth-order valence-corrected chi connectivity index (χ4v) is 2.09. The summed E-state index contributed by atoms with van der Waals surface area (Å²) in [5.74, 6) is -0.0512. The van der Waals surface area contributed by atoms with E-state index in [9.17, 15) is 9.59 Å². The predicted molar refractivity (Wildman–Crippen MR) is 81.8 cm³/mol. The maximum absolute atomic E-state index is 11.8. The van der Waals surface area contributed by atoms with Crippen LogP contribution in [0.4, 0.5) is 0 Å². The second kappa shape index (κ2) is 7.78. The Hall–Kier alpha value is -1.88. The molecule has 1 aliphatic carbocycles. The van der Waals surface area contributed by atoms with Gasteiger partial charge in [-0.05, 0) is 31.9 Å². The third-order valence-electron chi connectivity index (χ3n) is 3.35. The summed E-state index contributed by atoms with van der Waals surface area (Å²) in [5, 5.41) is 5.79. The first-order valence-electron chi connectivity index (χ1n) is 7.42. The first-order chi connectivity index (χ1) is 10.1. The highest BCUT2D eigenvalue weighted by atomic mass is 16.2. The second-order valence-electron chi connectivity index (χ2n) is 5.60. The molecule has 1 fully saturated rings. The van der Waals surface area contributed by atoms with E-state index in [4.69, 9.17) is 0 Å². The van der Waals surface area contributed by atoms with Crippen LogP contribution in [0.25, 0.3) is 0 Å². The quantitative estimate of drug-likeness (QED) is 0.735. The molecule has 1 aromatic rings. The summed E-state index contributed by atoms with van der Waals surface area (Å²) < 4.78 is 0. The number of amides is 2. The van der Waals surface area contributed by atoms with E-state index in [1.165, 1.54) is 5.56 Å². The Bertz CT molecular complexity index is 472. The molecule has 0 aliphatic heterocycles. The van der Waals surface area contributed by atoms with Crippen LogP contribution in [0.15, 0.2) is 30.3 Å². The van der Waals surface area contributed by atoms with Crippen molar-refractivity contribution >= 4 is 11.8 Å². The molecule has 5 nitrogen and oxygen atoms in total. The van der Waals surface area contributed by atoms with Crippen molar-refractivity contribution in [3.63, 3.8) is 0 Å². The summed E-state index contributed by atoms with van der Waals surface area (Å²) in [7, 11) is 1.78. The molecule has 0 aromatic heterocycles. The van der Waals surface area contributed by atoms with E-state index in [0.29, 0.717) is 12.6 Å². The standard InChI is InChI=1S/C16H23N3O2/c1-19(12-16(21)18-14-7-8-14)11-15(20)17-10-9-13-5-3-2-4-6-13/h2-6,14H,7-12H2,1H3,(H,17,20)(H,18,21). The molecule has 1 saturated carbocycles. The molecule has 21 heavy (non-hydrogen) atoms. The van der Waals surface area contributed by atoms with Crippen LogP contribution in [0.5, 0.6) is 0 Å². The van der Waals surface area contributed by atoms with Gasteiger partial charge in [-0.2, -0.15) is 0 Å². The smallest absolute Gasteiger partial charge is 0.234 e. The van der Waals surface area contributed by atoms with Gasteiger partial charge >= 0.3 is 0 Å². The van der Waals surface area contributed by atoms with Crippen LogP contribution in [0.3, 0.4) is 0 Å². The predicted octanol–water partition coefficient (Wildman–Crippen LogP) is 0.556. The molecule has 0 saturated heterocycles. The van der Waals surface area contributed by atoms with Gasteiger partial charge in [0, 0.05) is 12.6 Å². The number of carbonyl (C=O) groups excluding carboxylic acids is 2. The lowest BCUT2D eigenvalue weighted by molar-refractivity contribution is -0.124. The minimum absolute atomic E-state index is 0.00270. The third kappa shape index (κ3) is 6.40. The molecule has 0 radical (unpaired) electrons. The van der Waals surface area contributed by atoms with E-state index in [0.717, 1.165) is 19.3 Å². The van der Waals surface area contributed by atoms with Gasteiger partial charge in [0.25, 0.3) is 0 Å². The van der Waals surface area contributed by atoms with Gasteiger partial charge in [0.1, 0.15) is 0 Å². The summed E-state index contributed by atoms with van der Waals surface area (Å²) in [5.41, 5.74) is 1.20. The number of hydrogen-bond donors (Lipinski definition) is 2. The second-order valence-corrected chi connectivity index (χ2v) is 5.60. The topological polar surface area (TPSA) is 61.4 Å². The van der Waals surface area contributed by atoms with Crippen molar-refractivity contribution in [1.82, 2.24) is 15.5 Å². The highest BCUT2D eigenvalue weighted by Crippen LogP contribution is 2.18. The molecule has 0 bridgehead atoms. The van der Waals surface area contributed by atoms with Gasteiger partial charge in [0.05, 0.1) is 13.1 Å². The highest BCUT2D eigenvalue weighted by Gasteiger charge is 2.23. The fraction of sp³-hybridized carbons (Fsp3) is 0.500. The van der Waals surface area contributed by atoms with Gasteiger partial charge < -0.3 is 10.6 Å². The van der Waals surface area contributed by atoms with E-state index in [2.05, 4.69) is 10.6 Å². The van der Waals surface area contributed by atoms with Crippen LogP contribution < -0.4 is 10.6 Å². The highest BCUT2D eigenvalue weighted by molar-refractivity contribution is 5.81. The van der Waals surface area contributed by atoms with Crippen LogP contribution >= 0.6 is 0 Å². The van der Waals surface area contributed by atoms with Crippen molar-refractivity contribution in [1.29, 1.82) is 0 Å². The van der Waals surface area contributed by atoms with Crippen molar-refractivity contribution in [2.24, 2.45) is 0 Å². The largest absolute Gasteiger partial charge is 0.355 e. The lowest BCUT2D eigenvalue weighted by atomic mass is 10.1. The normalized spacial score (nSPS) is 14.0. The molecule has 2 N–H and O–H groups in total. The van der Waals surface area contributed by atoms with Crippen LogP contribution in [0, 0.1) is 0 Å². The van der Waals surface area contributed by atoms with Crippen LogP contribution in [-0.2, 0) is 16.0 Å². The SMILES string of the molecule is CN(CC(=O)NCCc1ccccc1)CC(=O)NC1CC1. The molecule has 5 heteroatoms. The van der Waals surface area contributed by atoms with Crippen molar-refractivity contribution in [2.75, 3.05) is 26.7 Å². The average Bonchev–Trinajstić information content (AvgIpc) is 3.23. The third-order valence-corrected chi connectivity index (χ3v) is 3.35. The summed E-state index contributed by atoms with van der Waals surface area (Å²) in [6, 6.07) is 10.4. The average molecular weight is 289 g/mol. The molecule has 2 amide bonds. The van der Waals surface area contributed by atoms with Crippen LogP contribution in [-0.4, -0.2) is 49.4 Å². The number of nitrogens with zero attached hydrogens (tertiary/aromatic N) is 1. The molecular weight excluding hydrogens is 266 g/mol. The Labute approximate surface area is 125 Å². The Morgan fingerprint density at radius 1 is 1.14 bits per heavy atom. The Morgan fingerprint density at radius 2 is 1.81 bits per heavy atom. The molecule has 0 unspecified atom stereocenters. The zero-order chi connectivity index (χ0) is 15.1. The minimum Gasteiger partial charge on any atom is -0.355 e. The Morgan fingerprint density at radius 3 is 2.48 bits per heavy atom. The molecule has 1 aliphatic rings. The monoisotopic (exact) mass is 289 g/mol. The molecule has 0 atom stereocenters. The Kier molecular flexibility index (Phi) is 5.75. The molecule has 2 rings (SSSR count). The zero-order valence-corrected chi connectivity index (χ0v) is 12.5. The Balaban J connectivity index is 1.58. The summed E-state index contributed by atoms with van der Waals surface area (Å²) in [6.45, 7) is 1.13. The van der Waals surface area contributed by atoms with E-state index >= 15 is 0 Å². The van der Waals surface area contributed by atoms with Crippen molar-refractivity contribution in [2.45, 2.75) is 25.3 Å². The molecule has 0 heterocycles. The van der Waals surface area contributed by atoms with E-state index in [1.54, 1.807) is 11.9 Å². The maximum atomic E-state index is 11.8. The van der Waals surface area contributed by atoms with Gasteiger partial charge in [0.2, 0.25) is 11.8 Å². The van der Waals surface area contributed by atoms with Gasteiger partial charge in [-0.25, -0.2) is 0 Å². The first-order valence-corrected chi connectivity index (χ1v) is 7.42. The summed E-state index contributed by atoms with van der Waals surface area (Å²) in [6.07, 6.45) is 2.98. The molecule has 0 spiro atoms. The van der Waals surface area contributed by atoms with E-state index in [-0.39, 0.29) is 24.9 Å². The number of benzene rings is 1. The summed E-state index contributed by atoms with van der Waals surface area (Å²) in [4.78, 5) is 25.1. The van der Waals surface area contributed by atoms with Crippen molar-refractivity contribution in [3.8, 4) is 0 Å². The van der Waals surface area contributed by atoms with Gasteiger partial charge in [-0.15, -0.1) is 0 Å². The minimum atomic E-state index is -0.0485. The van der Waals surface area contributed by atoms with Gasteiger partial charge in [-0.1, -0.05) is 30.3 Å². The van der Waals surface area contributed by atoms with E-state index in [1.807, 2.05) is 30.3 Å². The van der Waals surface area contributed by atoms with Crippen LogP contribution in [0.1, 0.15) is 18.4 Å². The van der Waals surface area contributed by atoms with Gasteiger partial charge in [0.15, 0.2) is 0 Å². The number of hydrogen-bond acceptors (Lipinski definition) is 3. The molecule has 114 valence electrons. The number of likely N-dealkylation sites (N-methyl/N-ethyl adjacent to an activating group) is 1. The molecule has 1 aromatic carbocycles. The van der Waals surface area contributed by atoms with E-state index < -0.39 is 0 Å². The van der Waals surface area contributed by atoms with Crippen molar-refractivity contribution in [3.05, 3.63) is 35.9 Å². The number of nitrogens with one attached hydrogen (secondary N) is 2. The number of rotatable bonds is 8. The fourth-order valence-electron chi connectivity index (χ4n) is 2.09. The molecular formula is C16H23N3O2. The zero-order valence-electron chi connectivity index (χ0n) is 12.5. The van der Waals surface area contributed by atoms with Crippen LogP contribution in [0.2, 0.25) is 0 Å².